The molecule has 0 atom stereocenters. The molecule has 4 nitrogen and oxygen atoms in total. The van der Waals surface area contributed by atoms with E-state index in [1.165, 1.54) is 17.7 Å². The van der Waals surface area contributed by atoms with E-state index < -0.39 is 0 Å². The van der Waals surface area contributed by atoms with Crippen LogP contribution in [0.1, 0.15) is 10.5 Å². The highest BCUT2D eigenvalue weighted by Gasteiger charge is 2.03. The van der Waals surface area contributed by atoms with Gasteiger partial charge in [-0.05, 0) is 6.07 Å². The standard InChI is InChI=1S/C8H5N3OS/c12-3-6-4-13-8(11-6)7-1-2-9-5-10-7/h1-5H. The summed E-state index contributed by atoms with van der Waals surface area (Å²) in [5, 5.41) is 2.44. The maximum absolute atomic E-state index is 10.4. The Balaban J connectivity index is 2.41. The second-order valence-electron chi connectivity index (χ2n) is 2.29. The van der Waals surface area contributed by atoms with Gasteiger partial charge in [0.25, 0.3) is 0 Å². The van der Waals surface area contributed by atoms with E-state index >= 15 is 0 Å². The van der Waals surface area contributed by atoms with Gasteiger partial charge in [-0.25, -0.2) is 15.0 Å². The zero-order chi connectivity index (χ0) is 9.10. The summed E-state index contributed by atoms with van der Waals surface area (Å²) in [4.78, 5) is 22.2. The van der Waals surface area contributed by atoms with Gasteiger partial charge in [0.15, 0.2) is 6.29 Å². The SMILES string of the molecule is O=Cc1csc(-c2ccncn2)n1. The molecule has 2 rings (SSSR count). The maximum Gasteiger partial charge on any atom is 0.169 e. The predicted molar refractivity (Wildman–Crippen MR) is 48.5 cm³/mol. The van der Waals surface area contributed by atoms with E-state index in [0.29, 0.717) is 5.69 Å². The van der Waals surface area contributed by atoms with E-state index in [-0.39, 0.29) is 0 Å². The highest BCUT2D eigenvalue weighted by molar-refractivity contribution is 7.13. The number of aldehydes is 1. The largest absolute Gasteiger partial charge is 0.296 e. The average Bonchev–Trinajstić information content (AvgIpc) is 2.67. The Kier molecular flexibility index (Phi) is 2.09. The summed E-state index contributed by atoms with van der Waals surface area (Å²) >= 11 is 1.39. The van der Waals surface area contributed by atoms with E-state index in [1.54, 1.807) is 17.6 Å². The second kappa shape index (κ2) is 3.40. The van der Waals surface area contributed by atoms with E-state index in [9.17, 15) is 4.79 Å². The van der Waals surface area contributed by atoms with E-state index in [2.05, 4.69) is 15.0 Å². The molecule has 0 spiro atoms. The topological polar surface area (TPSA) is 55.7 Å². The van der Waals surface area contributed by atoms with Crippen molar-refractivity contribution in [2.24, 2.45) is 0 Å². The third kappa shape index (κ3) is 1.59. The van der Waals surface area contributed by atoms with Crippen molar-refractivity contribution in [2.45, 2.75) is 0 Å². The molecule has 2 heterocycles. The van der Waals surface area contributed by atoms with Crippen molar-refractivity contribution >= 4 is 17.6 Å². The highest BCUT2D eigenvalue weighted by atomic mass is 32.1. The average molecular weight is 191 g/mol. The molecular formula is C8H5N3OS. The molecule has 64 valence electrons. The van der Waals surface area contributed by atoms with Gasteiger partial charge in [-0.2, -0.15) is 0 Å². The fourth-order valence-corrected chi connectivity index (χ4v) is 1.62. The van der Waals surface area contributed by atoms with Crippen LogP contribution in [0.25, 0.3) is 10.7 Å². The third-order valence-corrected chi connectivity index (χ3v) is 2.33. The number of hydrogen-bond acceptors (Lipinski definition) is 5. The lowest BCUT2D eigenvalue weighted by molar-refractivity contribution is 0.111. The first kappa shape index (κ1) is 8.00. The molecule has 0 N–H and O–H groups in total. The van der Waals surface area contributed by atoms with Crippen molar-refractivity contribution in [3.8, 4) is 10.7 Å². The molecule has 0 saturated carbocycles. The van der Waals surface area contributed by atoms with Gasteiger partial charge in [-0.1, -0.05) is 0 Å². The van der Waals surface area contributed by atoms with Crippen molar-refractivity contribution in [1.82, 2.24) is 15.0 Å². The molecule has 0 bridgehead atoms. The van der Waals surface area contributed by atoms with Gasteiger partial charge >= 0.3 is 0 Å². The van der Waals surface area contributed by atoms with Gasteiger partial charge in [0, 0.05) is 11.6 Å². The van der Waals surface area contributed by atoms with Crippen LogP contribution in [0, 0.1) is 0 Å². The van der Waals surface area contributed by atoms with Crippen molar-refractivity contribution in [2.75, 3.05) is 0 Å². The minimum absolute atomic E-state index is 0.443. The van der Waals surface area contributed by atoms with Crippen LogP contribution in [0.2, 0.25) is 0 Å². The number of rotatable bonds is 2. The summed E-state index contributed by atoms with van der Waals surface area (Å²) in [6.45, 7) is 0. The fraction of sp³-hybridized carbons (Fsp3) is 0. The quantitative estimate of drug-likeness (QED) is 0.673. The Bertz CT molecular complexity index is 412. The zero-order valence-electron chi connectivity index (χ0n) is 6.54. The first-order valence-electron chi connectivity index (χ1n) is 3.57. The lowest BCUT2D eigenvalue weighted by atomic mass is 10.4. The van der Waals surface area contributed by atoms with Gasteiger partial charge in [-0.15, -0.1) is 11.3 Å². The molecule has 0 fully saturated rings. The fourth-order valence-electron chi connectivity index (χ4n) is 0.875. The monoisotopic (exact) mass is 191 g/mol. The Hall–Kier alpha value is -1.62. The molecule has 0 amide bonds. The molecule has 0 saturated heterocycles. The third-order valence-electron chi connectivity index (χ3n) is 1.44. The van der Waals surface area contributed by atoms with Gasteiger partial charge in [-0.3, -0.25) is 4.79 Å². The van der Waals surface area contributed by atoms with E-state index in [4.69, 9.17) is 0 Å². The molecule has 0 unspecified atom stereocenters. The van der Waals surface area contributed by atoms with Crippen molar-refractivity contribution < 1.29 is 4.79 Å². The van der Waals surface area contributed by atoms with Crippen LogP contribution >= 0.6 is 11.3 Å². The minimum atomic E-state index is 0.443. The number of carbonyl (C=O) groups is 1. The lowest BCUT2D eigenvalue weighted by Gasteiger charge is -1.90. The summed E-state index contributed by atoms with van der Waals surface area (Å²) in [6.07, 6.45) is 3.82. The van der Waals surface area contributed by atoms with Crippen molar-refractivity contribution in [1.29, 1.82) is 0 Å². The molecule has 13 heavy (non-hydrogen) atoms. The number of carbonyl (C=O) groups excluding carboxylic acids is 1. The molecule has 0 aliphatic heterocycles. The first-order valence-corrected chi connectivity index (χ1v) is 4.45. The minimum Gasteiger partial charge on any atom is -0.296 e. The van der Waals surface area contributed by atoms with Crippen LogP contribution in [0.15, 0.2) is 24.0 Å². The Morgan fingerprint density at radius 1 is 1.46 bits per heavy atom. The van der Waals surface area contributed by atoms with Crippen molar-refractivity contribution in [3.63, 3.8) is 0 Å². The van der Waals surface area contributed by atoms with Crippen LogP contribution in [0.3, 0.4) is 0 Å². The Labute approximate surface area is 78.3 Å². The van der Waals surface area contributed by atoms with E-state index in [1.807, 2.05) is 0 Å². The summed E-state index contributed by atoms with van der Waals surface area (Å²) in [6, 6.07) is 1.76. The predicted octanol–water partition coefficient (Wildman–Crippen LogP) is 1.41. The number of hydrogen-bond donors (Lipinski definition) is 0. The van der Waals surface area contributed by atoms with Gasteiger partial charge < -0.3 is 0 Å². The molecule has 0 aliphatic rings. The molecule has 2 aromatic rings. The molecule has 0 aromatic carbocycles. The summed E-state index contributed by atoms with van der Waals surface area (Å²) in [5.74, 6) is 0. The summed E-state index contributed by atoms with van der Waals surface area (Å²) in [7, 11) is 0. The smallest absolute Gasteiger partial charge is 0.169 e. The number of nitrogens with zero attached hydrogens (tertiary/aromatic N) is 3. The van der Waals surface area contributed by atoms with Crippen LogP contribution < -0.4 is 0 Å². The molecule has 0 radical (unpaired) electrons. The van der Waals surface area contributed by atoms with Crippen LogP contribution in [-0.2, 0) is 0 Å². The maximum atomic E-state index is 10.4. The molecule has 2 aromatic heterocycles. The zero-order valence-corrected chi connectivity index (χ0v) is 7.36. The van der Waals surface area contributed by atoms with E-state index in [0.717, 1.165) is 17.0 Å². The summed E-state index contributed by atoms with van der Waals surface area (Å²) in [5.41, 5.74) is 1.19. The number of aromatic nitrogens is 3. The van der Waals surface area contributed by atoms with Gasteiger partial charge in [0.2, 0.25) is 0 Å². The lowest BCUT2D eigenvalue weighted by Crippen LogP contribution is -1.84. The Morgan fingerprint density at radius 2 is 2.38 bits per heavy atom. The number of thiazole rings is 1. The second-order valence-corrected chi connectivity index (χ2v) is 3.15. The normalized spacial score (nSPS) is 9.85. The molecule has 0 aliphatic carbocycles. The van der Waals surface area contributed by atoms with Crippen LogP contribution in [0.5, 0.6) is 0 Å². The van der Waals surface area contributed by atoms with Gasteiger partial charge in [0.05, 0.1) is 0 Å². The highest BCUT2D eigenvalue weighted by Crippen LogP contribution is 2.19. The molecule has 5 heteroatoms. The van der Waals surface area contributed by atoms with Crippen LogP contribution in [0.4, 0.5) is 0 Å². The van der Waals surface area contributed by atoms with Crippen LogP contribution in [-0.4, -0.2) is 21.2 Å². The van der Waals surface area contributed by atoms with Gasteiger partial charge in [0.1, 0.15) is 22.7 Å². The first-order chi connectivity index (χ1) is 6.40. The summed E-state index contributed by atoms with van der Waals surface area (Å²) < 4.78 is 0. The van der Waals surface area contributed by atoms with Crippen molar-refractivity contribution in [3.05, 3.63) is 29.7 Å². The molecular weight excluding hydrogens is 186 g/mol. The Morgan fingerprint density at radius 3 is 3.00 bits per heavy atom.